The molecule has 0 saturated carbocycles. The summed E-state index contributed by atoms with van der Waals surface area (Å²) in [5.74, 6) is 5.36. The quantitative estimate of drug-likeness (QED) is 0.372. The first-order valence-corrected chi connectivity index (χ1v) is 4.91. The van der Waals surface area contributed by atoms with E-state index in [2.05, 4.69) is 53.4 Å². The molecule has 0 N–H and O–H groups in total. The summed E-state index contributed by atoms with van der Waals surface area (Å²) < 4.78 is 0. The average molecular weight is 182 g/mol. The second-order valence-electron chi connectivity index (χ2n) is 3.21. The fraction of sp³-hybridized carbons (Fsp3) is 0.692. The highest BCUT2D eigenvalue weighted by molar-refractivity contribution is 5.02. The van der Waals surface area contributed by atoms with Crippen LogP contribution in [-0.4, -0.2) is 0 Å². The maximum Gasteiger partial charge on any atom is -0.00271 e. The van der Waals surface area contributed by atoms with Crippen molar-refractivity contribution in [3.8, 4) is 11.8 Å². The third-order valence-corrected chi connectivity index (χ3v) is 1.25. The van der Waals surface area contributed by atoms with Crippen LogP contribution in [0.2, 0.25) is 0 Å². The molecule has 0 heterocycles. The summed E-state index contributed by atoms with van der Waals surface area (Å²) in [6.07, 6.45) is 1.25. The summed E-state index contributed by atoms with van der Waals surface area (Å²) >= 11 is 0. The molecule has 0 saturated heterocycles. The molecule has 0 unspecified atom stereocenters. The van der Waals surface area contributed by atoms with Gasteiger partial charge in [-0.2, -0.15) is 0 Å². The van der Waals surface area contributed by atoms with E-state index in [4.69, 9.17) is 0 Å². The minimum absolute atomic E-state index is 1.25. The van der Waals surface area contributed by atoms with Gasteiger partial charge in [-0.15, -0.1) is 11.8 Å². The lowest BCUT2D eigenvalue weighted by Crippen LogP contribution is -1.66. The van der Waals surface area contributed by atoms with E-state index < -0.39 is 0 Å². The van der Waals surface area contributed by atoms with Crippen molar-refractivity contribution in [2.75, 3.05) is 0 Å². The molecule has 0 nitrogen and oxygen atoms in total. The minimum atomic E-state index is 1.25. The van der Waals surface area contributed by atoms with E-state index in [1.165, 1.54) is 17.6 Å². The molecule has 0 aromatic rings. The Morgan fingerprint density at radius 1 is 0.769 bits per heavy atom. The zero-order chi connectivity index (χ0) is 11.3. The molecule has 0 aromatic carbocycles. The molecule has 0 bridgehead atoms. The molecule has 0 atom stereocenters. The van der Waals surface area contributed by atoms with Crippen LogP contribution >= 0.6 is 0 Å². The largest absolute Gasteiger partial charge is 0.107 e. The van der Waals surface area contributed by atoms with Crippen molar-refractivity contribution in [3.05, 3.63) is 11.1 Å². The Bertz CT molecular complexity index is 138. The molecule has 13 heavy (non-hydrogen) atoms. The van der Waals surface area contributed by atoms with Gasteiger partial charge < -0.3 is 0 Å². The lowest BCUT2D eigenvalue weighted by Gasteiger charge is -1.88. The highest BCUT2D eigenvalue weighted by Gasteiger charge is 1.75. The van der Waals surface area contributed by atoms with Crippen molar-refractivity contribution in [1.29, 1.82) is 0 Å². The van der Waals surface area contributed by atoms with E-state index in [0.717, 1.165) is 0 Å². The molecule has 0 fully saturated rings. The maximum absolute atomic E-state index is 2.68. The molecular formula is C13H26. The second-order valence-corrected chi connectivity index (χ2v) is 3.21. The van der Waals surface area contributed by atoms with Gasteiger partial charge in [0, 0.05) is 0 Å². The SMILES string of the molecule is CC#CC.CC(C)=C(C)C.CCC. The Labute approximate surface area is 85.4 Å². The van der Waals surface area contributed by atoms with Gasteiger partial charge in [0.1, 0.15) is 0 Å². The lowest BCUT2D eigenvalue weighted by molar-refractivity contribution is 1.09. The van der Waals surface area contributed by atoms with E-state index >= 15 is 0 Å². The van der Waals surface area contributed by atoms with Crippen LogP contribution in [0, 0.1) is 11.8 Å². The first-order valence-electron chi connectivity index (χ1n) is 4.91. The van der Waals surface area contributed by atoms with Gasteiger partial charge in [0.25, 0.3) is 0 Å². The summed E-state index contributed by atoms with van der Waals surface area (Å²) in [6, 6.07) is 0. The van der Waals surface area contributed by atoms with Crippen molar-refractivity contribution < 1.29 is 0 Å². The summed E-state index contributed by atoms with van der Waals surface area (Å²) in [7, 11) is 0. The standard InChI is InChI=1S/C6H12.C4H6.C3H8/c1-5(2)6(3)4;1-3-4-2;1-3-2/h1-4H3;1-2H3;3H2,1-2H3. The van der Waals surface area contributed by atoms with Crippen molar-refractivity contribution in [2.45, 2.75) is 61.8 Å². The summed E-state index contributed by atoms with van der Waals surface area (Å²) in [4.78, 5) is 0. The molecule has 0 heteroatoms. The first-order chi connectivity index (χ1) is 5.97. The second kappa shape index (κ2) is 17.4. The van der Waals surface area contributed by atoms with E-state index in [9.17, 15) is 0 Å². The van der Waals surface area contributed by atoms with Crippen molar-refractivity contribution in [1.82, 2.24) is 0 Å². The van der Waals surface area contributed by atoms with E-state index in [1.54, 1.807) is 0 Å². The van der Waals surface area contributed by atoms with Gasteiger partial charge >= 0.3 is 0 Å². The molecule has 0 aliphatic heterocycles. The monoisotopic (exact) mass is 182 g/mol. The number of hydrogen-bond donors (Lipinski definition) is 0. The molecule has 0 aliphatic carbocycles. The van der Waals surface area contributed by atoms with Gasteiger partial charge in [0.05, 0.1) is 0 Å². The molecular weight excluding hydrogens is 156 g/mol. The smallest absolute Gasteiger partial charge is 0.00271 e. The van der Waals surface area contributed by atoms with E-state index in [-0.39, 0.29) is 0 Å². The fourth-order valence-electron chi connectivity index (χ4n) is 0. The highest BCUT2D eigenvalue weighted by atomic mass is 13.8. The van der Waals surface area contributed by atoms with E-state index in [1.807, 2.05) is 13.8 Å². The van der Waals surface area contributed by atoms with Crippen LogP contribution in [0.1, 0.15) is 61.8 Å². The molecule has 0 aliphatic rings. The van der Waals surface area contributed by atoms with Gasteiger partial charge in [0.2, 0.25) is 0 Å². The molecule has 78 valence electrons. The summed E-state index contributed by atoms with van der Waals surface area (Å²) in [5, 5.41) is 0. The number of hydrogen-bond acceptors (Lipinski definition) is 0. The average Bonchev–Trinajstić information content (AvgIpc) is 2.06. The van der Waals surface area contributed by atoms with Crippen LogP contribution in [0.3, 0.4) is 0 Å². The van der Waals surface area contributed by atoms with Gasteiger partial charge in [0.15, 0.2) is 0 Å². The molecule has 0 radical (unpaired) electrons. The third-order valence-electron chi connectivity index (χ3n) is 1.25. The van der Waals surface area contributed by atoms with Crippen LogP contribution in [0.5, 0.6) is 0 Å². The topological polar surface area (TPSA) is 0 Å². The number of allylic oxidation sites excluding steroid dienone is 2. The van der Waals surface area contributed by atoms with Crippen LogP contribution in [0.15, 0.2) is 11.1 Å². The Morgan fingerprint density at radius 2 is 0.923 bits per heavy atom. The van der Waals surface area contributed by atoms with Crippen LogP contribution < -0.4 is 0 Å². The van der Waals surface area contributed by atoms with Crippen molar-refractivity contribution in [2.24, 2.45) is 0 Å². The first kappa shape index (κ1) is 18.2. The third kappa shape index (κ3) is 52.9. The Balaban J connectivity index is -0.000000125. The zero-order valence-corrected chi connectivity index (χ0v) is 10.7. The summed E-state index contributed by atoms with van der Waals surface area (Å²) in [6.45, 7) is 16.4. The summed E-state index contributed by atoms with van der Waals surface area (Å²) in [5.41, 5.74) is 2.85. The van der Waals surface area contributed by atoms with E-state index in [0.29, 0.717) is 0 Å². The zero-order valence-electron chi connectivity index (χ0n) is 10.7. The Hall–Kier alpha value is -0.700. The van der Waals surface area contributed by atoms with Crippen molar-refractivity contribution in [3.63, 3.8) is 0 Å². The predicted molar refractivity (Wildman–Crippen MR) is 64.8 cm³/mol. The molecule has 0 spiro atoms. The molecule has 0 rings (SSSR count). The molecule has 0 aromatic heterocycles. The Kier molecular flexibility index (Phi) is 24.3. The van der Waals surface area contributed by atoms with Gasteiger partial charge in [-0.1, -0.05) is 31.4 Å². The van der Waals surface area contributed by atoms with Gasteiger partial charge in [-0.25, -0.2) is 0 Å². The normalized spacial score (nSPS) is 6.15. The van der Waals surface area contributed by atoms with Crippen LogP contribution in [-0.2, 0) is 0 Å². The van der Waals surface area contributed by atoms with Crippen molar-refractivity contribution >= 4 is 0 Å². The fourth-order valence-corrected chi connectivity index (χ4v) is 0. The lowest BCUT2D eigenvalue weighted by atomic mass is 10.2. The predicted octanol–water partition coefficient (Wildman–Crippen LogP) is 4.81. The maximum atomic E-state index is 2.68. The van der Waals surface area contributed by atoms with Gasteiger partial charge in [-0.3, -0.25) is 0 Å². The number of rotatable bonds is 0. The minimum Gasteiger partial charge on any atom is -0.107 e. The Morgan fingerprint density at radius 3 is 0.923 bits per heavy atom. The molecule has 0 amide bonds. The van der Waals surface area contributed by atoms with Gasteiger partial charge in [-0.05, 0) is 41.5 Å². The highest BCUT2D eigenvalue weighted by Crippen LogP contribution is 1.96. The van der Waals surface area contributed by atoms with Crippen LogP contribution in [0.25, 0.3) is 0 Å². The van der Waals surface area contributed by atoms with Crippen LogP contribution in [0.4, 0.5) is 0 Å².